The lowest BCUT2D eigenvalue weighted by atomic mass is 10.2. The van der Waals surface area contributed by atoms with Crippen LogP contribution in [0.15, 0.2) is 71.6 Å². The molecule has 33 heavy (non-hydrogen) atoms. The van der Waals surface area contributed by atoms with Crippen molar-refractivity contribution in [3.8, 4) is 5.75 Å². The zero-order valence-electron chi connectivity index (χ0n) is 16.8. The van der Waals surface area contributed by atoms with E-state index in [1.807, 2.05) is 12.1 Å². The largest absolute Gasteiger partial charge is 0.423 e. The van der Waals surface area contributed by atoms with Gasteiger partial charge in [0, 0.05) is 8.59 Å². The third-order valence-electron chi connectivity index (χ3n) is 4.70. The predicted molar refractivity (Wildman–Crippen MR) is 133 cm³/mol. The van der Waals surface area contributed by atoms with Crippen molar-refractivity contribution in [2.24, 2.45) is 0 Å². The number of carbonyl (C=O) groups is 3. The van der Waals surface area contributed by atoms with E-state index in [2.05, 4.69) is 22.6 Å². The fourth-order valence-electron chi connectivity index (χ4n) is 3.03. The number of benzene rings is 3. The number of rotatable bonds is 5. The van der Waals surface area contributed by atoms with Crippen molar-refractivity contribution in [1.29, 1.82) is 0 Å². The van der Waals surface area contributed by atoms with E-state index in [0.717, 1.165) is 26.3 Å². The van der Waals surface area contributed by atoms with Crippen molar-refractivity contribution >= 4 is 69.1 Å². The molecule has 1 aliphatic heterocycles. The molecular weight excluding hydrogens is 580 g/mol. The molecule has 1 fully saturated rings. The Morgan fingerprint density at radius 2 is 1.82 bits per heavy atom. The maximum absolute atomic E-state index is 13.2. The summed E-state index contributed by atoms with van der Waals surface area (Å²) in [6.45, 7) is -0.0473. The molecule has 3 aromatic rings. The number of thioether (sulfide) groups is 1. The highest BCUT2D eigenvalue weighted by Crippen LogP contribution is 2.34. The van der Waals surface area contributed by atoms with Crippen LogP contribution < -0.4 is 4.74 Å². The van der Waals surface area contributed by atoms with Crippen LogP contribution in [-0.2, 0) is 11.3 Å². The van der Waals surface area contributed by atoms with E-state index in [1.54, 1.807) is 42.5 Å². The first-order valence-electron chi connectivity index (χ1n) is 9.58. The van der Waals surface area contributed by atoms with Gasteiger partial charge in [0.25, 0.3) is 11.1 Å². The lowest BCUT2D eigenvalue weighted by molar-refractivity contribution is -0.123. The van der Waals surface area contributed by atoms with Crippen molar-refractivity contribution in [3.05, 3.63) is 103 Å². The number of halogens is 3. The van der Waals surface area contributed by atoms with Crippen LogP contribution in [0.2, 0.25) is 5.02 Å². The number of hydrogen-bond donors (Lipinski definition) is 0. The average Bonchev–Trinajstić information content (AvgIpc) is 3.04. The minimum absolute atomic E-state index is 0.0473. The summed E-state index contributed by atoms with van der Waals surface area (Å²) in [5, 5.41) is -0.289. The van der Waals surface area contributed by atoms with Crippen molar-refractivity contribution in [1.82, 2.24) is 4.90 Å². The van der Waals surface area contributed by atoms with Gasteiger partial charge in [-0.05, 0) is 88.0 Å². The molecule has 166 valence electrons. The topological polar surface area (TPSA) is 63.7 Å². The van der Waals surface area contributed by atoms with E-state index < -0.39 is 22.9 Å². The molecule has 4 rings (SSSR count). The summed E-state index contributed by atoms with van der Waals surface area (Å²) in [4.78, 5) is 38.8. The van der Waals surface area contributed by atoms with Gasteiger partial charge in [-0.15, -0.1) is 0 Å². The molecule has 0 spiro atoms. The molecule has 0 unspecified atom stereocenters. The Hall–Kier alpha value is -2.69. The minimum atomic E-state index is -0.495. The van der Waals surface area contributed by atoms with Gasteiger partial charge >= 0.3 is 5.97 Å². The van der Waals surface area contributed by atoms with Crippen molar-refractivity contribution in [2.45, 2.75) is 6.54 Å². The Morgan fingerprint density at radius 1 is 1.09 bits per heavy atom. The molecule has 3 aromatic carbocycles. The summed E-state index contributed by atoms with van der Waals surface area (Å²) in [5.74, 6) is -1.06. The fraction of sp³-hybridized carbons (Fsp3) is 0.0417. The van der Waals surface area contributed by atoms with E-state index in [0.29, 0.717) is 22.4 Å². The number of nitrogens with zero attached hydrogens (tertiary/aromatic N) is 1. The van der Waals surface area contributed by atoms with Crippen LogP contribution >= 0.6 is 46.0 Å². The van der Waals surface area contributed by atoms with Gasteiger partial charge in [-0.3, -0.25) is 14.5 Å². The lowest BCUT2D eigenvalue weighted by Gasteiger charge is -2.13. The van der Waals surface area contributed by atoms with Gasteiger partial charge in [0.2, 0.25) is 0 Å². The normalized spacial score (nSPS) is 14.8. The standard InChI is InChI=1S/C24H14ClFINO4S/c25-19-12-16(26)8-7-15(19)13-28-22(29)21(33-24(28)31)11-14-5-9-17(10-6-14)32-23(30)18-3-1-2-4-20(18)27/h1-12H,13H2/b21-11-. The Bertz CT molecular complexity index is 1300. The second-order valence-corrected chi connectivity index (χ2v) is 9.50. The zero-order valence-corrected chi connectivity index (χ0v) is 20.5. The second-order valence-electron chi connectivity index (χ2n) is 6.94. The molecule has 1 heterocycles. The van der Waals surface area contributed by atoms with E-state index >= 15 is 0 Å². The number of imide groups is 1. The molecule has 9 heteroatoms. The SMILES string of the molecule is O=C(Oc1ccc(/C=C2\SC(=O)N(Cc3ccc(F)cc3Cl)C2=O)cc1)c1ccccc1I. The summed E-state index contributed by atoms with van der Waals surface area (Å²) in [6.07, 6.45) is 1.59. The van der Waals surface area contributed by atoms with Gasteiger partial charge in [-0.25, -0.2) is 9.18 Å². The van der Waals surface area contributed by atoms with Crippen LogP contribution in [0.5, 0.6) is 5.75 Å². The molecule has 0 saturated carbocycles. The van der Waals surface area contributed by atoms with Crippen LogP contribution in [0.4, 0.5) is 9.18 Å². The van der Waals surface area contributed by atoms with E-state index in [1.165, 1.54) is 12.1 Å². The van der Waals surface area contributed by atoms with Crippen molar-refractivity contribution < 1.29 is 23.5 Å². The van der Waals surface area contributed by atoms with Crippen LogP contribution in [0.25, 0.3) is 6.08 Å². The highest BCUT2D eigenvalue weighted by Gasteiger charge is 2.35. The van der Waals surface area contributed by atoms with Crippen LogP contribution in [0, 0.1) is 9.39 Å². The highest BCUT2D eigenvalue weighted by atomic mass is 127. The maximum Gasteiger partial charge on any atom is 0.344 e. The molecule has 0 bridgehead atoms. The fourth-order valence-corrected chi connectivity index (χ4v) is 4.70. The Balaban J connectivity index is 1.45. The minimum Gasteiger partial charge on any atom is -0.423 e. The molecule has 5 nitrogen and oxygen atoms in total. The molecule has 0 aliphatic carbocycles. The first-order chi connectivity index (χ1) is 15.8. The number of esters is 1. The Labute approximate surface area is 211 Å². The monoisotopic (exact) mass is 593 g/mol. The van der Waals surface area contributed by atoms with E-state index in [4.69, 9.17) is 16.3 Å². The maximum atomic E-state index is 13.2. The molecule has 0 N–H and O–H groups in total. The van der Waals surface area contributed by atoms with Gasteiger partial charge < -0.3 is 4.74 Å². The summed E-state index contributed by atoms with van der Waals surface area (Å²) in [6, 6.07) is 17.5. The second kappa shape index (κ2) is 10.1. The molecule has 2 amide bonds. The molecule has 0 atom stereocenters. The van der Waals surface area contributed by atoms with Gasteiger partial charge in [0.1, 0.15) is 11.6 Å². The van der Waals surface area contributed by atoms with Crippen LogP contribution in [0.3, 0.4) is 0 Å². The summed E-state index contributed by atoms with van der Waals surface area (Å²) in [5.41, 5.74) is 1.60. The number of ether oxygens (including phenoxy) is 1. The first kappa shape index (κ1) is 23.5. The zero-order chi connectivity index (χ0) is 23.5. The molecule has 1 saturated heterocycles. The number of carbonyl (C=O) groups excluding carboxylic acids is 3. The molecule has 1 aliphatic rings. The Morgan fingerprint density at radius 3 is 2.52 bits per heavy atom. The van der Waals surface area contributed by atoms with Crippen molar-refractivity contribution in [3.63, 3.8) is 0 Å². The predicted octanol–water partition coefficient (Wildman–Crippen LogP) is 6.54. The smallest absolute Gasteiger partial charge is 0.344 e. The van der Waals surface area contributed by atoms with Gasteiger partial charge in [0.15, 0.2) is 0 Å². The Kier molecular flexibility index (Phi) is 7.16. The summed E-state index contributed by atoms with van der Waals surface area (Å²) >= 11 is 8.90. The third-order valence-corrected chi connectivity index (χ3v) is 6.90. The highest BCUT2D eigenvalue weighted by molar-refractivity contribution is 14.1. The lowest BCUT2D eigenvalue weighted by Crippen LogP contribution is -2.27. The van der Waals surface area contributed by atoms with Crippen LogP contribution in [-0.4, -0.2) is 22.0 Å². The molecular formula is C24H14ClFINO4S. The number of hydrogen-bond acceptors (Lipinski definition) is 5. The van der Waals surface area contributed by atoms with Gasteiger partial charge in [-0.2, -0.15) is 0 Å². The first-order valence-corrected chi connectivity index (χ1v) is 11.9. The summed E-state index contributed by atoms with van der Waals surface area (Å²) in [7, 11) is 0. The van der Waals surface area contributed by atoms with E-state index in [9.17, 15) is 18.8 Å². The van der Waals surface area contributed by atoms with E-state index in [-0.39, 0.29) is 16.5 Å². The van der Waals surface area contributed by atoms with Gasteiger partial charge in [0.05, 0.1) is 17.0 Å². The molecule has 0 aromatic heterocycles. The van der Waals surface area contributed by atoms with Crippen molar-refractivity contribution in [2.75, 3.05) is 0 Å². The van der Waals surface area contributed by atoms with Gasteiger partial charge in [-0.1, -0.05) is 41.9 Å². The molecule has 0 radical (unpaired) electrons. The average molecular weight is 594 g/mol. The number of amides is 2. The quantitative estimate of drug-likeness (QED) is 0.146. The summed E-state index contributed by atoms with van der Waals surface area (Å²) < 4.78 is 19.4. The van der Waals surface area contributed by atoms with Crippen LogP contribution in [0.1, 0.15) is 21.5 Å². The third kappa shape index (κ3) is 5.45.